The van der Waals surface area contributed by atoms with Crippen LogP contribution in [0.25, 0.3) is 5.69 Å². The highest BCUT2D eigenvalue weighted by atomic mass is 35.5. The van der Waals surface area contributed by atoms with Crippen LogP contribution in [0.2, 0.25) is 5.02 Å². The van der Waals surface area contributed by atoms with Crippen molar-refractivity contribution in [2.75, 3.05) is 5.75 Å². The Labute approximate surface area is 163 Å². The minimum atomic E-state index is -0.233. The van der Waals surface area contributed by atoms with Crippen LogP contribution in [-0.4, -0.2) is 26.4 Å². The molecule has 0 saturated heterocycles. The van der Waals surface area contributed by atoms with Gasteiger partial charge in [0.25, 0.3) is 0 Å². The summed E-state index contributed by atoms with van der Waals surface area (Å²) in [5, 5.41) is 13.2. The van der Waals surface area contributed by atoms with Crippen molar-refractivity contribution in [2.45, 2.75) is 57.1 Å². The van der Waals surface area contributed by atoms with E-state index >= 15 is 0 Å². The normalized spacial score (nSPS) is 16.4. The molecule has 1 heterocycles. The second-order valence-electron chi connectivity index (χ2n) is 6.89. The van der Waals surface area contributed by atoms with Gasteiger partial charge < -0.3 is 5.32 Å². The van der Waals surface area contributed by atoms with E-state index in [1.165, 1.54) is 39.0 Å². The Morgan fingerprint density at radius 1 is 1.35 bits per heavy atom. The largest absolute Gasteiger partial charge is 0.347 e. The molecule has 1 aromatic heterocycles. The van der Waals surface area contributed by atoms with Crippen molar-refractivity contribution in [2.24, 2.45) is 5.92 Å². The molecule has 1 saturated carbocycles. The van der Waals surface area contributed by atoms with Crippen molar-refractivity contribution < 1.29 is 4.79 Å². The third kappa shape index (κ3) is 4.80. The number of hydrogen-bond donors (Lipinski definition) is 1. The first kappa shape index (κ1) is 19.2. The number of aromatic nitrogens is 3. The van der Waals surface area contributed by atoms with Crippen LogP contribution in [-0.2, 0) is 4.79 Å². The van der Waals surface area contributed by atoms with E-state index in [9.17, 15) is 4.79 Å². The molecule has 0 bridgehead atoms. The fraction of sp³-hybridized carbons (Fsp3) is 0.526. The summed E-state index contributed by atoms with van der Waals surface area (Å²) in [7, 11) is 0. The Morgan fingerprint density at radius 2 is 2.12 bits per heavy atom. The third-order valence-electron chi connectivity index (χ3n) is 4.70. The summed E-state index contributed by atoms with van der Waals surface area (Å²) in [4.78, 5) is 11.5. The Bertz CT molecular complexity index is 758. The maximum Gasteiger partial charge on any atom is 0.217 e. The number of carbonyl (C=O) groups excluding carboxylic acids is 1. The fourth-order valence-corrected chi connectivity index (χ4v) is 4.76. The number of thioether (sulfide) groups is 1. The first-order chi connectivity index (χ1) is 12.5. The molecular formula is C19H25ClN4OS. The molecule has 140 valence electrons. The van der Waals surface area contributed by atoms with Gasteiger partial charge in [-0.05, 0) is 43.9 Å². The summed E-state index contributed by atoms with van der Waals surface area (Å²) in [5.41, 5.74) is 0.917. The molecule has 1 atom stereocenters. The summed E-state index contributed by atoms with van der Waals surface area (Å²) in [6.07, 6.45) is 6.62. The molecule has 5 nitrogen and oxygen atoms in total. The molecule has 0 aliphatic heterocycles. The molecule has 3 rings (SSSR count). The van der Waals surface area contributed by atoms with Crippen LogP contribution < -0.4 is 5.32 Å². The van der Waals surface area contributed by atoms with Crippen molar-refractivity contribution in [3.05, 3.63) is 35.1 Å². The van der Waals surface area contributed by atoms with Gasteiger partial charge in [0, 0.05) is 17.7 Å². The van der Waals surface area contributed by atoms with E-state index in [4.69, 9.17) is 11.6 Å². The number of nitrogens with one attached hydrogen (secondary N) is 1. The van der Waals surface area contributed by atoms with E-state index in [1.807, 2.05) is 35.8 Å². The van der Waals surface area contributed by atoms with Gasteiger partial charge in [-0.3, -0.25) is 9.36 Å². The Kier molecular flexibility index (Phi) is 6.59. The summed E-state index contributed by atoms with van der Waals surface area (Å²) in [6.45, 7) is 3.43. The van der Waals surface area contributed by atoms with Gasteiger partial charge in [-0.2, -0.15) is 0 Å². The Morgan fingerprint density at radius 3 is 2.81 bits per heavy atom. The van der Waals surface area contributed by atoms with Crippen LogP contribution in [0.5, 0.6) is 0 Å². The molecule has 1 aliphatic carbocycles. The molecule has 1 aliphatic rings. The predicted octanol–water partition coefficient (Wildman–Crippen LogP) is 4.79. The van der Waals surface area contributed by atoms with Crippen LogP contribution in [0.4, 0.5) is 0 Å². The zero-order valence-corrected chi connectivity index (χ0v) is 16.8. The van der Waals surface area contributed by atoms with Crippen molar-refractivity contribution >= 4 is 29.3 Å². The van der Waals surface area contributed by atoms with E-state index in [2.05, 4.69) is 15.5 Å². The number of amides is 1. The molecule has 7 heteroatoms. The lowest BCUT2D eigenvalue weighted by Crippen LogP contribution is -2.26. The zero-order valence-electron chi connectivity index (χ0n) is 15.2. The van der Waals surface area contributed by atoms with Gasteiger partial charge in [-0.25, -0.2) is 0 Å². The monoisotopic (exact) mass is 392 g/mol. The van der Waals surface area contributed by atoms with Gasteiger partial charge in [-0.1, -0.05) is 48.7 Å². The summed E-state index contributed by atoms with van der Waals surface area (Å²) < 4.78 is 2.01. The average Bonchev–Trinajstić information content (AvgIpc) is 3.04. The highest BCUT2D eigenvalue weighted by Gasteiger charge is 2.22. The maximum absolute atomic E-state index is 11.5. The van der Waals surface area contributed by atoms with E-state index in [0.29, 0.717) is 10.8 Å². The second-order valence-corrected chi connectivity index (χ2v) is 8.32. The highest BCUT2D eigenvalue weighted by Crippen LogP contribution is 2.32. The molecule has 26 heavy (non-hydrogen) atoms. The van der Waals surface area contributed by atoms with Gasteiger partial charge >= 0.3 is 0 Å². The molecule has 1 amide bonds. The number of nitrogens with zero attached hydrogens (tertiary/aromatic N) is 3. The molecule has 0 radical (unpaired) electrons. The SMILES string of the molecule is CC(=O)NC(C)c1nnc(SCC2CCCCC2)n1-c1cccc(Cl)c1. The topological polar surface area (TPSA) is 59.8 Å². The number of hydrogen-bond acceptors (Lipinski definition) is 4. The highest BCUT2D eigenvalue weighted by molar-refractivity contribution is 7.99. The average molecular weight is 393 g/mol. The van der Waals surface area contributed by atoms with Crippen molar-refractivity contribution in [1.29, 1.82) is 0 Å². The first-order valence-corrected chi connectivity index (χ1v) is 10.5. The van der Waals surface area contributed by atoms with E-state index < -0.39 is 0 Å². The lowest BCUT2D eigenvalue weighted by Gasteiger charge is -2.21. The van der Waals surface area contributed by atoms with Crippen LogP contribution in [0.15, 0.2) is 29.4 Å². The predicted molar refractivity (Wildman–Crippen MR) is 106 cm³/mol. The van der Waals surface area contributed by atoms with Crippen LogP contribution >= 0.6 is 23.4 Å². The maximum atomic E-state index is 11.5. The van der Waals surface area contributed by atoms with Gasteiger partial charge in [-0.15, -0.1) is 10.2 Å². The van der Waals surface area contributed by atoms with Gasteiger partial charge in [0.05, 0.1) is 11.7 Å². The summed E-state index contributed by atoms with van der Waals surface area (Å²) in [6, 6.07) is 7.42. The van der Waals surface area contributed by atoms with Crippen molar-refractivity contribution in [1.82, 2.24) is 20.1 Å². The van der Waals surface area contributed by atoms with E-state index in [-0.39, 0.29) is 11.9 Å². The van der Waals surface area contributed by atoms with E-state index in [1.54, 1.807) is 11.8 Å². The van der Waals surface area contributed by atoms with Crippen LogP contribution in [0.3, 0.4) is 0 Å². The summed E-state index contributed by atoms with van der Waals surface area (Å²) >= 11 is 7.94. The number of benzene rings is 1. The Balaban J connectivity index is 1.88. The number of rotatable bonds is 6. The smallest absolute Gasteiger partial charge is 0.217 e. The minimum Gasteiger partial charge on any atom is -0.347 e. The molecule has 1 N–H and O–H groups in total. The lowest BCUT2D eigenvalue weighted by molar-refractivity contribution is -0.119. The van der Waals surface area contributed by atoms with E-state index in [0.717, 1.165) is 22.5 Å². The van der Waals surface area contributed by atoms with Crippen LogP contribution in [0.1, 0.15) is 57.8 Å². The Hall–Kier alpha value is -1.53. The fourth-order valence-electron chi connectivity index (χ4n) is 3.43. The number of carbonyl (C=O) groups is 1. The third-order valence-corrected chi connectivity index (χ3v) is 6.10. The molecule has 1 unspecified atom stereocenters. The van der Waals surface area contributed by atoms with Gasteiger partial charge in [0.15, 0.2) is 11.0 Å². The molecule has 1 aromatic carbocycles. The lowest BCUT2D eigenvalue weighted by atomic mass is 9.91. The van der Waals surface area contributed by atoms with Crippen molar-refractivity contribution in [3.63, 3.8) is 0 Å². The molecule has 1 fully saturated rings. The molecule has 0 spiro atoms. The number of halogens is 1. The molecule has 2 aromatic rings. The minimum absolute atomic E-state index is 0.0884. The zero-order chi connectivity index (χ0) is 18.5. The van der Waals surface area contributed by atoms with Gasteiger partial charge in [0.2, 0.25) is 5.91 Å². The summed E-state index contributed by atoms with van der Waals surface area (Å²) in [5.74, 6) is 2.42. The van der Waals surface area contributed by atoms with Gasteiger partial charge in [0.1, 0.15) is 0 Å². The first-order valence-electron chi connectivity index (χ1n) is 9.15. The molecular weight excluding hydrogens is 368 g/mol. The van der Waals surface area contributed by atoms with Crippen molar-refractivity contribution in [3.8, 4) is 5.69 Å². The standard InChI is InChI=1S/C19H25ClN4OS/c1-13(21-14(2)25)18-22-23-19(26-12-15-7-4-3-5-8-15)24(18)17-10-6-9-16(20)11-17/h6,9-11,13,15H,3-5,7-8,12H2,1-2H3,(H,21,25). The second kappa shape index (κ2) is 8.91. The van der Waals surface area contributed by atoms with Crippen LogP contribution in [0, 0.1) is 5.92 Å². The quantitative estimate of drug-likeness (QED) is 0.718.